The Kier molecular flexibility index (Phi) is 4.55. The van der Waals surface area contributed by atoms with E-state index in [2.05, 4.69) is 45.9 Å². The zero-order valence-electron chi connectivity index (χ0n) is 11.1. The summed E-state index contributed by atoms with van der Waals surface area (Å²) in [5.41, 5.74) is 10.2. The first-order chi connectivity index (χ1) is 7.47. The standard InChI is InChI=1S/C15H25N/c1-5-6-7-10-15(4,16)14-11-12(2)8-9-13(14)3/h8-9,11H,5-7,10,16H2,1-4H3. The average Bonchev–Trinajstić information content (AvgIpc) is 2.22. The van der Waals surface area contributed by atoms with Gasteiger partial charge in [0.15, 0.2) is 0 Å². The van der Waals surface area contributed by atoms with E-state index in [1.54, 1.807) is 0 Å². The summed E-state index contributed by atoms with van der Waals surface area (Å²) in [7, 11) is 0. The third kappa shape index (κ3) is 3.34. The van der Waals surface area contributed by atoms with Crippen LogP contribution in [-0.4, -0.2) is 0 Å². The molecule has 1 aromatic rings. The molecule has 1 heteroatoms. The molecule has 0 saturated heterocycles. The second-order valence-electron chi connectivity index (χ2n) is 5.19. The third-order valence-corrected chi connectivity index (χ3v) is 3.31. The van der Waals surface area contributed by atoms with Gasteiger partial charge in [-0.3, -0.25) is 0 Å². The van der Waals surface area contributed by atoms with Crippen LogP contribution in [0.15, 0.2) is 18.2 Å². The second-order valence-corrected chi connectivity index (χ2v) is 5.19. The van der Waals surface area contributed by atoms with Crippen LogP contribution < -0.4 is 5.73 Å². The molecule has 0 radical (unpaired) electrons. The fraction of sp³-hybridized carbons (Fsp3) is 0.600. The van der Waals surface area contributed by atoms with Gasteiger partial charge in [-0.1, -0.05) is 49.9 Å². The molecule has 0 saturated carbocycles. The average molecular weight is 219 g/mol. The van der Waals surface area contributed by atoms with Crippen molar-refractivity contribution in [3.8, 4) is 0 Å². The topological polar surface area (TPSA) is 26.0 Å². The highest BCUT2D eigenvalue weighted by Gasteiger charge is 2.22. The molecule has 1 nitrogen and oxygen atoms in total. The van der Waals surface area contributed by atoms with E-state index >= 15 is 0 Å². The lowest BCUT2D eigenvalue weighted by Gasteiger charge is -2.27. The maximum absolute atomic E-state index is 6.45. The van der Waals surface area contributed by atoms with E-state index in [1.807, 2.05) is 0 Å². The van der Waals surface area contributed by atoms with E-state index in [0.29, 0.717) is 0 Å². The Morgan fingerprint density at radius 2 is 1.88 bits per heavy atom. The molecule has 0 aliphatic carbocycles. The Bertz CT molecular complexity index is 339. The van der Waals surface area contributed by atoms with Gasteiger partial charge in [0.05, 0.1) is 0 Å². The molecule has 1 rings (SSSR count). The van der Waals surface area contributed by atoms with E-state index in [1.165, 1.54) is 36.0 Å². The predicted octanol–water partition coefficient (Wildman–Crippen LogP) is 4.06. The summed E-state index contributed by atoms with van der Waals surface area (Å²) in [6.07, 6.45) is 4.82. The van der Waals surface area contributed by atoms with Crippen LogP contribution in [0.2, 0.25) is 0 Å². The fourth-order valence-corrected chi connectivity index (χ4v) is 2.23. The molecule has 0 aromatic heterocycles. The number of aryl methyl sites for hydroxylation is 2. The molecule has 16 heavy (non-hydrogen) atoms. The number of rotatable bonds is 5. The number of nitrogens with two attached hydrogens (primary N) is 1. The van der Waals surface area contributed by atoms with Crippen molar-refractivity contribution < 1.29 is 0 Å². The first-order valence-corrected chi connectivity index (χ1v) is 6.34. The van der Waals surface area contributed by atoms with Gasteiger partial charge in [0.2, 0.25) is 0 Å². The van der Waals surface area contributed by atoms with Crippen molar-refractivity contribution in [2.24, 2.45) is 5.73 Å². The van der Waals surface area contributed by atoms with Crippen LogP contribution in [0.4, 0.5) is 0 Å². The summed E-state index contributed by atoms with van der Waals surface area (Å²) in [4.78, 5) is 0. The van der Waals surface area contributed by atoms with Crippen LogP contribution in [0, 0.1) is 13.8 Å². The van der Waals surface area contributed by atoms with Gasteiger partial charge in [0.25, 0.3) is 0 Å². The molecule has 0 aliphatic heterocycles. The highest BCUT2D eigenvalue weighted by Crippen LogP contribution is 2.27. The molecule has 1 atom stereocenters. The molecule has 0 bridgehead atoms. The van der Waals surface area contributed by atoms with Gasteiger partial charge in [-0.2, -0.15) is 0 Å². The number of hydrogen-bond donors (Lipinski definition) is 1. The van der Waals surface area contributed by atoms with E-state index < -0.39 is 0 Å². The van der Waals surface area contributed by atoms with Crippen molar-refractivity contribution in [3.05, 3.63) is 34.9 Å². The van der Waals surface area contributed by atoms with Crippen molar-refractivity contribution in [3.63, 3.8) is 0 Å². The first-order valence-electron chi connectivity index (χ1n) is 6.34. The van der Waals surface area contributed by atoms with Gasteiger partial charge in [-0.15, -0.1) is 0 Å². The third-order valence-electron chi connectivity index (χ3n) is 3.31. The van der Waals surface area contributed by atoms with Gasteiger partial charge < -0.3 is 5.73 Å². The molecule has 0 heterocycles. The number of hydrogen-bond acceptors (Lipinski definition) is 1. The summed E-state index contributed by atoms with van der Waals surface area (Å²) in [5.74, 6) is 0. The normalized spacial score (nSPS) is 14.8. The molecular weight excluding hydrogens is 194 g/mol. The summed E-state index contributed by atoms with van der Waals surface area (Å²) >= 11 is 0. The fourth-order valence-electron chi connectivity index (χ4n) is 2.23. The zero-order chi connectivity index (χ0) is 12.2. The summed E-state index contributed by atoms with van der Waals surface area (Å²) in [6, 6.07) is 6.57. The van der Waals surface area contributed by atoms with Crippen LogP contribution in [-0.2, 0) is 5.54 Å². The van der Waals surface area contributed by atoms with Crippen molar-refractivity contribution in [1.82, 2.24) is 0 Å². The number of unbranched alkanes of at least 4 members (excludes halogenated alkanes) is 2. The van der Waals surface area contributed by atoms with Gasteiger partial charge in [0.1, 0.15) is 0 Å². The summed E-state index contributed by atoms with van der Waals surface area (Å²) < 4.78 is 0. The minimum Gasteiger partial charge on any atom is -0.322 e. The Hall–Kier alpha value is -0.820. The van der Waals surface area contributed by atoms with Crippen LogP contribution in [0.25, 0.3) is 0 Å². The van der Waals surface area contributed by atoms with Gasteiger partial charge >= 0.3 is 0 Å². The van der Waals surface area contributed by atoms with Gasteiger partial charge in [-0.05, 0) is 38.3 Å². The summed E-state index contributed by atoms with van der Waals surface area (Å²) in [5, 5.41) is 0. The van der Waals surface area contributed by atoms with E-state index in [-0.39, 0.29) is 5.54 Å². The Morgan fingerprint density at radius 1 is 1.19 bits per heavy atom. The molecular formula is C15H25N. The molecule has 90 valence electrons. The highest BCUT2D eigenvalue weighted by atomic mass is 14.7. The van der Waals surface area contributed by atoms with Crippen molar-refractivity contribution in [1.29, 1.82) is 0 Å². The van der Waals surface area contributed by atoms with Gasteiger partial charge in [0, 0.05) is 5.54 Å². The monoisotopic (exact) mass is 219 g/mol. The van der Waals surface area contributed by atoms with Crippen LogP contribution >= 0.6 is 0 Å². The minimum absolute atomic E-state index is 0.175. The maximum Gasteiger partial charge on any atom is 0.0383 e. The molecule has 0 spiro atoms. The van der Waals surface area contributed by atoms with Crippen LogP contribution in [0.5, 0.6) is 0 Å². The second kappa shape index (κ2) is 5.49. The van der Waals surface area contributed by atoms with Gasteiger partial charge in [-0.25, -0.2) is 0 Å². The van der Waals surface area contributed by atoms with E-state index in [4.69, 9.17) is 5.73 Å². The quantitative estimate of drug-likeness (QED) is 0.743. The maximum atomic E-state index is 6.45. The number of benzene rings is 1. The lowest BCUT2D eigenvalue weighted by Crippen LogP contribution is -2.33. The van der Waals surface area contributed by atoms with Crippen LogP contribution in [0.3, 0.4) is 0 Å². The SMILES string of the molecule is CCCCCC(C)(N)c1cc(C)ccc1C. The predicted molar refractivity (Wildman–Crippen MR) is 71.6 cm³/mol. The Labute approximate surface area is 100 Å². The van der Waals surface area contributed by atoms with Crippen molar-refractivity contribution >= 4 is 0 Å². The largest absolute Gasteiger partial charge is 0.322 e. The first kappa shape index (κ1) is 13.2. The lowest BCUT2D eigenvalue weighted by atomic mass is 9.84. The van der Waals surface area contributed by atoms with E-state index in [9.17, 15) is 0 Å². The Morgan fingerprint density at radius 3 is 2.50 bits per heavy atom. The molecule has 1 aromatic carbocycles. The smallest absolute Gasteiger partial charge is 0.0383 e. The lowest BCUT2D eigenvalue weighted by molar-refractivity contribution is 0.425. The van der Waals surface area contributed by atoms with Crippen LogP contribution in [0.1, 0.15) is 56.2 Å². The molecule has 0 aliphatic rings. The van der Waals surface area contributed by atoms with E-state index in [0.717, 1.165) is 6.42 Å². The van der Waals surface area contributed by atoms with Crippen molar-refractivity contribution in [2.75, 3.05) is 0 Å². The summed E-state index contributed by atoms with van der Waals surface area (Å²) in [6.45, 7) is 8.67. The molecule has 0 amide bonds. The Balaban J connectivity index is 2.83. The minimum atomic E-state index is -0.175. The zero-order valence-corrected chi connectivity index (χ0v) is 11.1. The molecule has 1 unspecified atom stereocenters. The molecule has 2 N–H and O–H groups in total. The van der Waals surface area contributed by atoms with Crippen molar-refractivity contribution in [2.45, 2.75) is 58.9 Å². The molecule has 0 fully saturated rings. The highest BCUT2D eigenvalue weighted by molar-refractivity contribution is 5.35.